The molecule has 114 valence electrons. The number of fused-ring (bicyclic) bond motifs is 1. The van der Waals surface area contributed by atoms with Crippen LogP contribution in [-0.4, -0.2) is 21.6 Å². The Labute approximate surface area is 130 Å². The average Bonchev–Trinajstić information content (AvgIpc) is 2.89. The Morgan fingerprint density at radius 2 is 1.73 bits per heavy atom. The molecule has 0 saturated heterocycles. The summed E-state index contributed by atoms with van der Waals surface area (Å²) in [6.45, 7) is 6.87. The molecule has 1 aromatic heterocycles. The molecule has 2 aromatic rings. The highest BCUT2D eigenvalue weighted by molar-refractivity contribution is 5.70. The van der Waals surface area contributed by atoms with Gasteiger partial charge in [0.15, 0.2) is 0 Å². The van der Waals surface area contributed by atoms with Crippen LogP contribution in [0.15, 0.2) is 42.7 Å². The van der Waals surface area contributed by atoms with Gasteiger partial charge in [0.1, 0.15) is 5.60 Å². The van der Waals surface area contributed by atoms with Crippen LogP contribution in [0, 0.1) is 0 Å². The van der Waals surface area contributed by atoms with Crippen molar-refractivity contribution in [1.82, 2.24) is 9.88 Å². The molecular formula is C18H20N2O2. The van der Waals surface area contributed by atoms with Gasteiger partial charge in [0.2, 0.25) is 0 Å². The molecule has 22 heavy (non-hydrogen) atoms. The number of pyridine rings is 1. The third kappa shape index (κ3) is 3.11. The first kappa shape index (κ1) is 14.6. The van der Waals surface area contributed by atoms with Crippen LogP contribution in [0.25, 0.3) is 11.1 Å². The number of aromatic nitrogens is 1. The molecule has 0 aliphatic carbocycles. The fourth-order valence-corrected chi connectivity index (χ4v) is 2.57. The number of benzene rings is 1. The van der Waals surface area contributed by atoms with Crippen LogP contribution in [0.1, 0.15) is 31.9 Å². The van der Waals surface area contributed by atoms with Gasteiger partial charge in [0.25, 0.3) is 0 Å². The lowest BCUT2D eigenvalue weighted by Crippen LogP contribution is -2.33. The van der Waals surface area contributed by atoms with Gasteiger partial charge in [-0.1, -0.05) is 12.1 Å². The first-order valence-electron chi connectivity index (χ1n) is 7.42. The van der Waals surface area contributed by atoms with Crippen LogP contribution < -0.4 is 0 Å². The second kappa shape index (κ2) is 5.44. The molecule has 2 heterocycles. The van der Waals surface area contributed by atoms with Gasteiger partial charge in [-0.2, -0.15) is 0 Å². The van der Waals surface area contributed by atoms with Gasteiger partial charge in [-0.15, -0.1) is 0 Å². The van der Waals surface area contributed by atoms with E-state index in [-0.39, 0.29) is 6.09 Å². The number of carbonyl (C=O) groups excluding carboxylic acids is 1. The van der Waals surface area contributed by atoms with E-state index in [0.29, 0.717) is 13.1 Å². The van der Waals surface area contributed by atoms with Gasteiger partial charge in [-0.05, 0) is 61.2 Å². The normalized spacial score (nSPS) is 13.9. The molecule has 4 nitrogen and oxygen atoms in total. The first-order valence-corrected chi connectivity index (χ1v) is 7.42. The predicted molar refractivity (Wildman–Crippen MR) is 85.2 cm³/mol. The van der Waals surface area contributed by atoms with E-state index in [9.17, 15) is 4.79 Å². The summed E-state index contributed by atoms with van der Waals surface area (Å²) in [4.78, 5) is 18.0. The van der Waals surface area contributed by atoms with E-state index >= 15 is 0 Å². The maximum absolute atomic E-state index is 12.2. The Kier molecular flexibility index (Phi) is 3.61. The largest absolute Gasteiger partial charge is 0.444 e. The molecule has 3 rings (SSSR count). The molecule has 0 bridgehead atoms. The Morgan fingerprint density at radius 1 is 1.05 bits per heavy atom. The highest BCUT2D eigenvalue weighted by atomic mass is 16.6. The van der Waals surface area contributed by atoms with E-state index < -0.39 is 5.60 Å². The second-order valence-corrected chi connectivity index (χ2v) is 6.56. The van der Waals surface area contributed by atoms with E-state index in [1.54, 1.807) is 17.3 Å². The highest BCUT2D eigenvalue weighted by Gasteiger charge is 2.27. The predicted octanol–water partition coefficient (Wildman–Crippen LogP) is 4.00. The summed E-state index contributed by atoms with van der Waals surface area (Å²) in [6.07, 6.45) is 3.32. The third-order valence-corrected chi connectivity index (χ3v) is 3.59. The molecule has 0 atom stereocenters. The molecule has 0 saturated carbocycles. The summed E-state index contributed by atoms with van der Waals surface area (Å²) < 4.78 is 5.45. The van der Waals surface area contributed by atoms with Gasteiger partial charge in [-0.25, -0.2) is 4.79 Å². The van der Waals surface area contributed by atoms with Crippen molar-refractivity contribution in [2.45, 2.75) is 39.5 Å². The molecule has 0 unspecified atom stereocenters. The third-order valence-electron chi connectivity index (χ3n) is 3.59. The number of carbonyl (C=O) groups is 1. The SMILES string of the molecule is CC(C)(C)OC(=O)N1Cc2ccc(-c3ccncc3)cc2C1. The van der Waals surface area contributed by atoms with E-state index in [1.165, 1.54) is 11.1 Å². The van der Waals surface area contributed by atoms with Crippen molar-refractivity contribution in [3.05, 3.63) is 53.9 Å². The van der Waals surface area contributed by atoms with Crippen LogP contribution >= 0.6 is 0 Å². The fraction of sp³-hybridized carbons (Fsp3) is 0.333. The molecule has 1 aliphatic rings. The minimum absolute atomic E-state index is 0.255. The topological polar surface area (TPSA) is 42.4 Å². The van der Waals surface area contributed by atoms with Crippen molar-refractivity contribution in [1.29, 1.82) is 0 Å². The Morgan fingerprint density at radius 3 is 2.41 bits per heavy atom. The average molecular weight is 296 g/mol. The van der Waals surface area contributed by atoms with E-state index in [1.807, 2.05) is 32.9 Å². The number of ether oxygens (including phenoxy) is 1. The summed E-state index contributed by atoms with van der Waals surface area (Å²) >= 11 is 0. The van der Waals surface area contributed by atoms with Gasteiger partial charge in [-0.3, -0.25) is 9.88 Å². The zero-order chi connectivity index (χ0) is 15.7. The quantitative estimate of drug-likeness (QED) is 0.799. The summed E-state index contributed by atoms with van der Waals surface area (Å²) in [5.41, 5.74) is 4.18. The van der Waals surface area contributed by atoms with E-state index in [2.05, 4.69) is 23.2 Å². The molecule has 0 radical (unpaired) electrons. The number of amides is 1. The van der Waals surface area contributed by atoms with E-state index in [4.69, 9.17) is 4.74 Å². The molecule has 1 aliphatic heterocycles. The second-order valence-electron chi connectivity index (χ2n) is 6.56. The minimum atomic E-state index is -0.464. The van der Waals surface area contributed by atoms with Crippen molar-refractivity contribution in [3.63, 3.8) is 0 Å². The molecule has 4 heteroatoms. The van der Waals surface area contributed by atoms with Crippen LogP contribution in [0.3, 0.4) is 0 Å². The maximum atomic E-state index is 12.2. The zero-order valence-corrected chi connectivity index (χ0v) is 13.2. The Bertz CT molecular complexity index is 690. The molecule has 0 fully saturated rings. The smallest absolute Gasteiger partial charge is 0.410 e. The standard InChI is InChI=1S/C18H20N2O2/c1-18(2,3)22-17(21)20-11-15-5-4-14(10-16(15)12-20)13-6-8-19-9-7-13/h4-10H,11-12H2,1-3H3. The van der Waals surface area contributed by atoms with Gasteiger partial charge >= 0.3 is 6.09 Å². The Hall–Kier alpha value is -2.36. The van der Waals surface area contributed by atoms with Crippen molar-refractivity contribution in [2.24, 2.45) is 0 Å². The van der Waals surface area contributed by atoms with Gasteiger partial charge < -0.3 is 4.74 Å². The van der Waals surface area contributed by atoms with Crippen LogP contribution in [0.2, 0.25) is 0 Å². The molecule has 1 aromatic carbocycles. The molecule has 0 N–H and O–H groups in total. The lowest BCUT2D eigenvalue weighted by molar-refractivity contribution is 0.0242. The number of hydrogen-bond donors (Lipinski definition) is 0. The van der Waals surface area contributed by atoms with Crippen LogP contribution in [-0.2, 0) is 17.8 Å². The lowest BCUT2D eigenvalue weighted by Gasteiger charge is -2.24. The van der Waals surface area contributed by atoms with Crippen LogP contribution in [0.5, 0.6) is 0 Å². The van der Waals surface area contributed by atoms with Gasteiger partial charge in [0.05, 0.1) is 0 Å². The van der Waals surface area contributed by atoms with E-state index in [0.717, 1.165) is 11.1 Å². The maximum Gasteiger partial charge on any atom is 0.410 e. The summed E-state index contributed by atoms with van der Waals surface area (Å²) in [5, 5.41) is 0. The minimum Gasteiger partial charge on any atom is -0.444 e. The molecular weight excluding hydrogens is 276 g/mol. The summed E-state index contributed by atoms with van der Waals surface area (Å²) in [7, 11) is 0. The summed E-state index contributed by atoms with van der Waals surface area (Å²) in [5.74, 6) is 0. The van der Waals surface area contributed by atoms with Gasteiger partial charge in [0, 0.05) is 25.5 Å². The lowest BCUT2D eigenvalue weighted by atomic mass is 10.0. The molecule has 1 amide bonds. The number of rotatable bonds is 1. The summed E-state index contributed by atoms with van der Waals surface area (Å²) in [6, 6.07) is 10.3. The highest BCUT2D eigenvalue weighted by Crippen LogP contribution is 2.29. The van der Waals surface area contributed by atoms with Crippen LogP contribution in [0.4, 0.5) is 4.79 Å². The zero-order valence-electron chi connectivity index (χ0n) is 13.2. The van der Waals surface area contributed by atoms with Crippen molar-refractivity contribution >= 4 is 6.09 Å². The number of hydrogen-bond acceptors (Lipinski definition) is 3. The molecule has 0 spiro atoms. The Balaban J connectivity index is 1.78. The first-order chi connectivity index (χ1) is 10.4. The van der Waals surface area contributed by atoms with Crippen molar-refractivity contribution in [2.75, 3.05) is 0 Å². The number of nitrogens with zero attached hydrogens (tertiary/aromatic N) is 2. The monoisotopic (exact) mass is 296 g/mol. The van der Waals surface area contributed by atoms with Crippen molar-refractivity contribution in [3.8, 4) is 11.1 Å². The van der Waals surface area contributed by atoms with Crippen molar-refractivity contribution < 1.29 is 9.53 Å². The fourth-order valence-electron chi connectivity index (χ4n) is 2.57.